The highest BCUT2D eigenvalue weighted by atomic mass is 16.5. The zero-order valence-corrected chi connectivity index (χ0v) is 19.2. The van der Waals surface area contributed by atoms with Crippen LogP contribution in [0.2, 0.25) is 0 Å². The molecule has 31 heavy (non-hydrogen) atoms. The number of ether oxygens (including phenoxy) is 2. The molecule has 8 nitrogen and oxygen atoms in total. The molecule has 0 unspecified atom stereocenters. The highest BCUT2D eigenvalue weighted by Gasteiger charge is 2.22. The van der Waals surface area contributed by atoms with Crippen LogP contribution < -0.4 is 5.32 Å². The molecule has 170 valence electrons. The predicted molar refractivity (Wildman–Crippen MR) is 118 cm³/mol. The average molecular weight is 432 g/mol. The number of benzene rings is 1. The van der Waals surface area contributed by atoms with Crippen molar-refractivity contribution >= 4 is 17.7 Å². The van der Waals surface area contributed by atoms with E-state index < -0.39 is 5.97 Å². The second-order valence-electron chi connectivity index (χ2n) is 7.94. The molecule has 0 bridgehead atoms. The number of nitrogens with zero attached hydrogens (tertiary/aromatic N) is 2. The van der Waals surface area contributed by atoms with Gasteiger partial charge in [-0.05, 0) is 29.4 Å². The van der Waals surface area contributed by atoms with Crippen LogP contribution in [0.15, 0.2) is 28.9 Å². The number of carbonyl (C=O) groups excluding carboxylic acids is 2. The van der Waals surface area contributed by atoms with Gasteiger partial charge in [0.15, 0.2) is 5.69 Å². The number of oxazole rings is 1. The largest absolute Gasteiger partial charge is 0.464 e. The summed E-state index contributed by atoms with van der Waals surface area (Å²) in [7, 11) is 2.90. The van der Waals surface area contributed by atoms with E-state index in [0.717, 1.165) is 16.8 Å². The van der Waals surface area contributed by atoms with Gasteiger partial charge in [-0.2, -0.15) is 0 Å². The van der Waals surface area contributed by atoms with E-state index in [4.69, 9.17) is 9.15 Å². The summed E-state index contributed by atoms with van der Waals surface area (Å²) in [5.41, 5.74) is 3.08. The molecule has 1 aromatic carbocycles. The van der Waals surface area contributed by atoms with E-state index in [1.54, 1.807) is 12.0 Å². The third-order valence-corrected chi connectivity index (χ3v) is 4.94. The summed E-state index contributed by atoms with van der Waals surface area (Å²) in [6.45, 7) is 9.49. The molecule has 8 heteroatoms. The lowest BCUT2D eigenvalue weighted by Gasteiger charge is -2.25. The zero-order chi connectivity index (χ0) is 23.0. The number of urea groups is 1. The monoisotopic (exact) mass is 431 g/mol. The minimum Gasteiger partial charge on any atom is -0.464 e. The van der Waals surface area contributed by atoms with Crippen LogP contribution in [-0.4, -0.2) is 49.3 Å². The molecule has 0 aliphatic rings. The number of rotatable bonds is 10. The Hall–Kier alpha value is -2.87. The van der Waals surface area contributed by atoms with Crippen molar-refractivity contribution in [1.29, 1.82) is 0 Å². The van der Waals surface area contributed by atoms with Gasteiger partial charge in [-0.15, -0.1) is 0 Å². The maximum Gasteiger partial charge on any atom is 0.360 e. The SMILES string of the molecule is COCCCN(Cc1nc(C(=O)OC)co1)C(=O)Nc1c(C(C)C)cccc1C(C)C. The molecule has 2 amide bonds. The average Bonchev–Trinajstić information content (AvgIpc) is 3.21. The summed E-state index contributed by atoms with van der Waals surface area (Å²) in [6, 6.07) is 5.84. The van der Waals surface area contributed by atoms with Crippen LogP contribution in [0.4, 0.5) is 10.5 Å². The lowest BCUT2D eigenvalue weighted by atomic mass is 9.93. The van der Waals surface area contributed by atoms with Crippen molar-refractivity contribution in [1.82, 2.24) is 9.88 Å². The van der Waals surface area contributed by atoms with Crippen LogP contribution in [0.25, 0.3) is 0 Å². The van der Waals surface area contributed by atoms with Crippen molar-refractivity contribution in [2.24, 2.45) is 0 Å². The van der Waals surface area contributed by atoms with Crippen LogP contribution in [-0.2, 0) is 16.0 Å². The van der Waals surface area contributed by atoms with E-state index in [1.807, 2.05) is 18.2 Å². The molecule has 1 aromatic heterocycles. The smallest absolute Gasteiger partial charge is 0.360 e. The van der Waals surface area contributed by atoms with E-state index in [2.05, 4.69) is 42.7 Å². The van der Waals surface area contributed by atoms with E-state index in [0.29, 0.717) is 19.6 Å². The predicted octanol–water partition coefficient (Wildman–Crippen LogP) is 4.78. The summed E-state index contributed by atoms with van der Waals surface area (Å²) in [6.07, 6.45) is 1.88. The first kappa shape index (κ1) is 24.4. The summed E-state index contributed by atoms with van der Waals surface area (Å²) in [5.74, 6) is 0.183. The molecule has 1 heterocycles. The first-order chi connectivity index (χ1) is 14.8. The Morgan fingerprint density at radius 2 is 1.77 bits per heavy atom. The Morgan fingerprint density at radius 3 is 2.32 bits per heavy atom. The third-order valence-electron chi connectivity index (χ3n) is 4.94. The van der Waals surface area contributed by atoms with Gasteiger partial charge in [-0.25, -0.2) is 14.6 Å². The molecule has 1 N–H and O–H groups in total. The fourth-order valence-electron chi connectivity index (χ4n) is 3.28. The topological polar surface area (TPSA) is 93.9 Å². The number of amides is 2. The van der Waals surface area contributed by atoms with Gasteiger partial charge in [-0.3, -0.25) is 0 Å². The fourth-order valence-corrected chi connectivity index (χ4v) is 3.28. The number of methoxy groups -OCH3 is 2. The first-order valence-electron chi connectivity index (χ1n) is 10.5. The molecule has 0 atom stereocenters. The molecule has 2 rings (SSSR count). The van der Waals surface area contributed by atoms with Crippen LogP contribution in [0.1, 0.15) is 73.5 Å². The molecular formula is C23H33N3O5. The van der Waals surface area contributed by atoms with Gasteiger partial charge in [0.2, 0.25) is 5.89 Å². The minimum atomic E-state index is -0.585. The lowest BCUT2D eigenvalue weighted by Crippen LogP contribution is -2.36. The summed E-state index contributed by atoms with van der Waals surface area (Å²) < 4.78 is 15.2. The molecule has 0 saturated carbocycles. The van der Waals surface area contributed by atoms with E-state index in [9.17, 15) is 9.59 Å². The molecule has 0 aliphatic heterocycles. The second kappa shape index (κ2) is 11.5. The number of hydrogen-bond donors (Lipinski definition) is 1. The van der Waals surface area contributed by atoms with Crippen molar-refractivity contribution in [3.8, 4) is 0 Å². The van der Waals surface area contributed by atoms with Gasteiger partial charge in [0.1, 0.15) is 6.26 Å². The lowest BCUT2D eigenvalue weighted by molar-refractivity contribution is 0.0594. The highest BCUT2D eigenvalue weighted by molar-refractivity contribution is 5.91. The Labute approximate surface area is 183 Å². The zero-order valence-electron chi connectivity index (χ0n) is 19.2. The van der Waals surface area contributed by atoms with Gasteiger partial charge in [0.25, 0.3) is 0 Å². The Morgan fingerprint density at radius 1 is 1.13 bits per heavy atom. The Bertz CT molecular complexity index is 850. The maximum atomic E-state index is 13.3. The Balaban J connectivity index is 2.28. The quantitative estimate of drug-likeness (QED) is 0.430. The number of carbonyl (C=O) groups is 2. The third kappa shape index (κ3) is 6.55. The number of anilines is 1. The number of esters is 1. The highest BCUT2D eigenvalue weighted by Crippen LogP contribution is 2.32. The van der Waals surface area contributed by atoms with E-state index >= 15 is 0 Å². The standard InChI is InChI=1S/C23H33N3O5/c1-15(2)17-9-7-10-18(16(3)4)21(17)25-23(28)26(11-8-12-29-5)13-20-24-19(14-31-20)22(27)30-6/h7,9-10,14-16H,8,11-13H2,1-6H3,(H,25,28). The van der Waals surface area contributed by atoms with Crippen LogP contribution in [0, 0.1) is 0 Å². The second-order valence-corrected chi connectivity index (χ2v) is 7.94. The van der Waals surface area contributed by atoms with Gasteiger partial charge in [0.05, 0.1) is 13.7 Å². The number of para-hydroxylation sites is 1. The van der Waals surface area contributed by atoms with Crippen LogP contribution in [0.5, 0.6) is 0 Å². The molecular weight excluding hydrogens is 398 g/mol. The molecule has 0 radical (unpaired) electrons. The molecule has 2 aromatic rings. The van der Waals surface area contributed by atoms with E-state index in [1.165, 1.54) is 13.4 Å². The molecule has 0 spiro atoms. The van der Waals surface area contributed by atoms with Crippen molar-refractivity contribution in [2.45, 2.75) is 52.5 Å². The van der Waals surface area contributed by atoms with Gasteiger partial charge >= 0.3 is 12.0 Å². The first-order valence-corrected chi connectivity index (χ1v) is 10.5. The van der Waals surface area contributed by atoms with Crippen molar-refractivity contribution < 1.29 is 23.5 Å². The van der Waals surface area contributed by atoms with Gasteiger partial charge in [0, 0.05) is 25.9 Å². The van der Waals surface area contributed by atoms with Crippen molar-refractivity contribution in [2.75, 3.05) is 32.7 Å². The Kier molecular flexibility index (Phi) is 9.05. The van der Waals surface area contributed by atoms with Crippen molar-refractivity contribution in [3.63, 3.8) is 0 Å². The summed E-state index contributed by atoms with van der Waals surface area (Å²) >= 11 is 0. The summed E-state index contributed by atoms with van der Waals surface area (Å²) in [5, 5.41) is 3.11. The number of hydrogen-bond acceptors (Lipinski definition) is 6. The van der Waals surface area contributed by atoms with Crippen molar-refractivity contribution in [3.05, 3.63) is 47.2 Å². The fraction of sp³-hybridized carbons (Fsp3) is 0.522. The number of aromatic nitrogens is 1. The summed E-state index contributed by atoms with van der Waals surface area (Å²) in [4.78, 5) is 30.7. The van der Waals surface area contributed by atoms with Gasteiger partial charge < -0.3 is 24.1 Å². The molecule has 0 fully saturated rings. The van der Waals surface area contributed by atoms with Crippen LogP contribution in [0.3, 0.4) is 0 Å². The number of nitrogens with one attached hydrogen (secondary N) is 1. The van der Waals surface area contributed by atoms with Crippen LogP contribution >= 0.6 is 0 Å². The minimum absolute atomic E-state index is 0.0713. The maximum absolute atomic E-state index is 13.3. The van der Waals surface area contributed by atoms with E-state index in [-0.39, 0.29) is 36.0 Å². The molecule has 0 aliphatic carbocycles. The normalized spacial score (nSPS) is 11.1. The molecule has 0 saturated heterocycles. The van der Waals surface area contributed by atoms with Gasteiger partial charge in [-0.1, -0.05) is 45.9 Å².